The number of carbonyl (C=O) groups is 1. The van der Waals surface area contributed by atoms with E-state index >= 15 is 0 Å². The molecule has 1 rings (SSSR count). The summed E-state index contributed by atoms with van der Waals surface area (Å²) in [6.45, 7) is 14.1. The molecule has 0 aliphatic carbocycles. The Balaban J connectivity index is 2.49. The zero-order valence-corrected chi connectivity index (χ0v) is 14.9. The molecule has 1 amide bonds. The van der Waals surface area contributed by atoms with Crippen LogP contribution >= 0.6 is 0 Å². The summed E-state index contributed by atoms with van der Waals surface area (Å²) in [4.78, 5) is 14.7. The lowest BCUT2D eigenvalue weighted by Gasteiger charge is -2.29. The molecule has 2 unspecified atom stereocenters. The van der Waals surface area contributed by atoms with Gasteiger partial charge >= 0.3 is 0 Å². The third kappa shape index (κ3) is 7.85. The monoisotopic (exact) mass is 296 g/mol. The number of nitrogens with zero attached hydrogens (tertiary/aromatic N) is 1. The Labute approximate surface area is 131 Å². The Morgan fingerprint density at radius 2 is 2.10 bits per heavy atom. The molecular weight excluding hydrogens is 260 g/mol. The number of unbranched alkanes of at least 4 members (excludes halogenated alkanes) is 1. The smallest absolute Gasteiger partial charge is 0.222 e. The second-order valence-corrected chi connectivity index (χ2v) is 8.06. The normalized spacial score (nSPS) is 20.5. The number of carbonyl (C=O) groups excluding carboxylic acids is 1. The molecule has 0 aromatic carbocycles. The van der Waals surface area contributed by atoms with Crippen LogP contribution in [0.1, 0.15) is 73.1 Å². The number of rotatable bonds is 8. The van der Waals surface area contributed by atoms with E-state index in [1.165, 1.54) is 12.8 Å². The predicted octanol–water partition coefficient (Wildman–Crippen LogP) is 3.83. The molecule has 124 valence electrons. The van der Waals surface area contributed by atoms with Crippen LogP contribution < -0.4 is 5.32 Å². The summed E-state index contributed by atoms with van der Waals surface area (Å²) < 4.78 is 0. The van der Waals surface area contributed by atoms with Gasteiger partial charge in [0.05, 0.1) is 0 Å². The van der Waals surface area contributed by atoms with Gasteiger partial charge in [-0.15, -0.1) is 0 Å². The summed E-state index contributed by atoms with van der Waals surface area (Å²) in [5.74, 6) is 0.826. The van der Waals surface area contributed by atoms with Crippen molar-refractivity contribution in [2.75, 3.05) is 19.6 Å². The first kappa shape index (κ1) is 18.5. The highest BCUT2D eigenvalue weighted by atomic mass is 16.2. The largest absolute Gasteiger partial charge is 0.341 e. The molecule has 1 aliphatic rings. The van der Waals surface area contributed by atoms with Crippen molar-refractivity contribution in [2.24, 2.45) is 11.3 Å². The first-order chi connectivity index (χ1) is 9.81. The molecule has 0 saturated carbocycles. The summed E-state index contributed by atoms with van der Waals surface area (Å²) in [5.41, 5.74) is 0.307. The fraction of sp³-hybridized carbons (Fsp3) is 0.944. The molecule has 0 radical (unpaired) electrons. The van der Waals surface area contributed by atoms with Crippen LogP contribution in [-0.2, 0) is 4.79 Å². The molecule has 1 saturated heterocycles. The lowest BCUT2D eigenvalue weighted by atomic mass is 9.84. The van der Waals surface area contributed by atoms with Gasteiger partial charge in [-0.05, 0) is 43.6 Å². The van der Waals surface area contributed by atoms with E-state index in [1.54, 1.807) is 0 Å². The number of amides is 1. The number of hydrogen-bond acceptors (Lipinski definition) is 2. The van der Waals surface area contributed by atoms with E-state index in [1.807, 2.05) is 0 Å². The van der Waals surface area contributed by atoms with Crippen molar-refractivity contribution in [3.63, 3.8) is 0 Å². The van der Waals surface area contributed by atoms with Crippen LogP contribution in [0.25, 0.3) is 0 Å². The molecule has 1 N–H and O–H groups in total. The van der Waals surface area contributed by atoms with Gasteiger partial charge in [-0.1, -0.05) is 41.0 Å². The molecule has 21 heavy (non-hydrogen) atoms. The van der Waals surface area contributed by atoms with E-state index in [0.29, 0.717) is 29.7 Å². The van der Waals surface area contributed by atoms with Gasteiger partial charge in [0.15, 0.2) is 0 Å². The molecule has 0 spiro atoms. The minimum absolute atomic E-state index is 0.307. The van der Waals surface area contributed by atoms with Crippen LogP contribution in [0.4, 0.5) is 0 Å². The minimum Gasteiger partial charge on any atom is -0.341 e. The molecule has 0 aromatic heterocycles. The summed E-state index contributed by atoms with van der Waals surface area (Å²) in [6.07, 6.45) is 6.55. The number of hydrogen-bond donors (Lipinski definition) is 1. The lowest BCUT2D eigenvalue weighted by molar-refractivity contribution is -0.132. The Bertz CT molecular complexity index is 303. The minimum atomic E-state index is 0.307. The highest BCUT2D eigenvalue weighted by molar-refractivity contribution is 5.76. The highest BCUT2D eigenvalue weighted by Crippen LogP contribution is 2.26. The predicted molar refractivity (Wildman–Crippen MR) is 90.4 cm³/mol. The van der Waals surface area contributed by atoms with Crippen molar-refractivity contribution in [1.29, 1.82) is 0 Å². The Kier molecular flexibility index (Phi) is 7.72. The van der Waals surface area contributed by atoms with E-state index in [0.717, 1.165) is 38.9 Å². The molecule has 2 atom stereocenters. The van der Waals surface area contributed by atoms with Crippen molar-refractivity contribution >= 4 is 5.91 Å². The van der Waals surface area contributed by atoms with E-state index in [9.17, 15) is 4.79 Å². The molecule has 0 bridgehead atoms. The quantitative estimate of drug-likeness (QED) is 0.738. The zero-order valence-electron chi connectivity index (χ0n) is 14.9. The van der Waals surface area contributed by atoms with E-state index in [-0.39, 0.29) is 0 Å². The van der Waals surface area contributed by atoms with Crippen molar-refractivity contribution < 1.29 is 4.79 Å². The molecule has 3 nitrogen and oxygen atoms in total. The van der Waals surface area contributed by atoms with Crippen molar-refractivity contribution in [3.05, 3.63) is 0 Å². The van der Waals surface area contributed by atoms with Gasteiger partial charge in [0.1, 0.15) is 0 Å². The second-order valence-electron chi connectivity index (χ2n) is 8.06. The summed E-state index contributed by atoms with van der Waals surface area (Å²) in [6, 6.07) is 0.517. The first-order valence-corrected chi connectivity index (χ1v) is 8.83. The van der Waals surface area contributed by atoms with Gasteiger partial charge in [-0.25, -0.2) is 0 Å². The van der Waals surface area contributed by atoms with Crippen LogP contribution in [0, 0.1) is 11.3 Å². The maximum absolute atomic E-state index is 12.6. The average Bonchev–Trinajstić information content (AvgIpc) is 2.84. The molecule has 1 heterocycles. The first-order valence-electron chi connectivity index (χ1n) is 8.83. The Hall–Kier alpha value is -0.570. The summed E-state index contributed by atoms with van der Waals surface area (Å²) in [5, 5.41) is 3.52. The van der Waals surface area contributed by atoms with Gasteiger partial charge < -0.3 is 10.2 Å². The SMILES string of the molecule is CCCCN(CC1CCCN1)C(=O)CC(C)CC(C)(C)C. The third-order valence-corrected chi connectivity index (χ3v) is 4.22. The van der Waals surface area contributed by atoms with Crippen LogP contribution in [0.3, 0.4) is 0 Å². The molecule has 1 aliphatic heterocycles. The lowest BCUT2D eigenvalue weighted by Crippen LogP contribution is -2.42. The summed E-state index contributed by atoms with van der Waals surface area (Å²) >= 11 is 0. The number of nitrogens with one attached hydrogen (secondary N) is 1. The highest BCUT2D eigenvalue weighted by Gasteiger charge is 2.24. The molecule has 0 aromatic rings. The second kappa shape index (κ2) is 8.77. The van der Waals surface area contributed by atoms with Gasteiger partial charge in [-0.3, -0.25) is 4.79 Å². The van der Waals surface area contributed by atoms with Crippen molar-refractivity contribution in [2.45, 2.75) is 79.2 Å². The maximum Gasteiger partial charge on any atom is 0.222 e. The van der Waals surface area contributed by atoms with Gasteiger partial charge in [-0.2, -0.15) is 0 Å². The zero-order chi connectivity index (χ0) is 15.9. The van der Waals surface area contributed by atoms with Crippen molar-refractivity contribution in [3.8, 4) is 0 Å². The van der Waals surface area contributed by atoms with Gasteiger partial charge in [0.25, 0.3) is 0 Å². The maximum atomic E-state index is 12.6. The van der Waals surface area contributed by atoms with Crippen molar-refractivity contribution in [1.82, 2.24) is 10.2 Å². The van der Waals surface area contributed by atoms with Crippen LogP contribution in [0.15, 0.2) is 0 Å². The molecule has 3 heteroatoms. The fourth-order valence-electron chi connectivity index (χ4n) is 3.39. The fourth-order valence-corrected chi connectivity index (χ4v) is 3.39. The van der Waals surface area contributed by atoms with Crippen LogP contribution in [0.2, 0.25) is 0 Å². The topological polar surface area (TPSA) is 32.3 Å². The molecule has 1 fully saturated rings. The van der Waals surface area contributed by atoms with Crippen LogP contribution in [-0.4, -0.2) is 36.5 Å². The Morgan fingerprint density at radius 3 is 2.62 bits per heavy atom. The van der Waals surface area contributed by atoms with Gasteiger partial charge in [0.2, 0.25) is 5.91 Å². The average molecular weight is 296 g/mol. The molecular formula is C18H36N2O. The summed E-state index contributed by atoms with van der Waals surface area (Å²) in [7, 11) is 0. The van der Waals surface area contributed by atoms with E-state index in [4.69, 9.17) is 0 Å². The van der Waals surface area contributed by atoms with Crippen LogP contribution in [0.5, 0.6) is 0 Å². The standard InChI is InChI=1S/C18H36N2O/c1-6-7-11-20(14-16-9-8-10-19-16)17(21)12-15(2)13-18(3,4)5/h15-16,19H,6-14H2,1-5H3. The third-order valence-electron chi connectivity index (χ3n) is 4.22. The van der Waals surface area contributed by atoms with E-state index in [2.05, 4.69) is 44.8 Å². The Morgan fingerprint density at radius 1 is 1.38 bits per heavy atom. The van der Waals surface area contributed by atoms with Gasteiger partial charge in [0, 0.05) is 25.6 Å². The van der Waals surface area contributed by atoms with E-state index < -0.39 is 0 Å².